The summed E-state index contributed by atoms with van der Waals surface area (Å²) in [4.78, 5) is 14.7. The molecule has 1 aromatic rings. The van der Waals surface area contributed by atoms with Gasteiger partial charge in [0.1, 0.15) is 0 Å². The highest BCUT2D eigenvalue weighted by Gasteiger charge is 2.33. The number of carbonyl (C=O) groups excluding carboxylic acids is 1. The van der Waals surface area contributed by atoms with Crippen LogP contribution >= 0.6 is 0 Å². The smallest absolute Gasteiger partial charge is 0.330 e. The number of fused-ring (bicyclic) bond motifs is 1. The molecule has 5 heteroatoms. The molecule has 0 spiro atoms. The molecule has 2 heterocycles. The summed E-state index contributed by atoms with van der Waals surface area (Å²) in [5, 5.41) is 0. The molecule has 0 amide bonds. The van der Waals surface area contributed by atoms with E-state index in [1.807, 2.05) is 18.2 Å². The van der Waals surface area contributed by atoms with Crippen molar-refractivity contribution in [3.05, 3.63) is 29.8 Å². The van der Waals surface area contributed by atoms with Gasteiger partial charge in [0, 0.05) is 18.0 Å². The molecule has 142 valence electrons. The number of nitrogens with zero attached hydrogens (tertiary/aromatic N) is 1. The molecule has 2 atom stereocenters. The monoisotopic (exact) mass is 359 g/mol. The summed E-state index contributed by atoms with van der Waals surface area (Å²) in [6.07, 6.45) is 9.44. The van der Waals surface area contributed by atoms with E-state index in [-0.39, 0.29) is 5.97 Å². The lowest BCUT2D eigenvalue weighted by atomic mass is 9.84. The Balaban J connectivity index is 1.53. The van der Waals surface area contributed by atoms with Crippen LogP contribution in [0.4, 0.5) is 0 Å². The first-order valence-corrected chi connectivity index (χ1v) is 9.52. The summed E-state index contributed by atoms with van der Waals surface area (Å²) in [5.74, 6) is 1.50. The minimum Gasteiger partial charge on any atom is -0.493 e. The maximum atomic E-state index is 12.1. The number of hydrogen-bond acceptors (Lipinski definition) is 5. The Kier molecular flexibility index (Phi) is 6.56. The number of ether oxygens (including phenoxy) is 3. The van der Waals surface area contributed by atoms with E-state index in [4.69, 9.17) is 14.2 Å². The molecular weight excluding hydrogens is 330 g/mol. The molecule has 0 unspecified atom stereocenters. The van der Waals surface area contributed by atoms with Crippen LogP contribution in [-0.4, -0.2) is 50.8 Å². The highest BCUT2D eigenvalue weighted by atomic mass is 16.5. The third kappa shape index (κ3) is 4.58. The number of piperidine rings is 2. The first kappa shape index (κ1) is 18.8. The van der Waals surface area contributed by atoms with E-state index >= 15 is 0 Å². The third-order valence-electron chi connectivity index (χ3n) is 5.49. The van der Waals surface area contributed by atoms with E-state index in [1.165, 1.54) is 44.8 Å². The van der Waals surface area contributed by atoms with E-state index in [0.29, 0.717) is 30.1 Å². The van der Waals surface area contributed by atoms with Gasteiger partial charge in [-0.15, -0.1) is 0 Å². The molecule has 2 aliphatic heterocycles. The summed E-state index contributed by atoms with van der Waals surface area (Å²) in [6.45, 7) is 2.93. The molecule has 0 aliphatic carbocycles. The number of hydrogen-bond donors (Lipinski definition) is 0. The molecule has 26 heavy (non-hydrogen) atoms. The maximum Gasteiger partial charge on any atom is 0.330 e. The molecule has 0 bridgehead atoms. The van der Waals surface area contributed by atoms with Crippen LogP contribution in [0.1, 0.15) is 37.7 Å². The van der Waals surface area contributed by atoms with Gasteiger partial charge in [-0.25, -0.2) is 4.79 Å². The van der Waals surface area contributed by atoms with Crippen LogP contribution in [0.15, 0.2) is 24.3 Å². The fraction of sp³-hybridized carbons (Fsp3) is 0.571. The van der Waals surface area contributed by atoms with Crippen molar-refractivity contribution in [3.8, 4) is 11.5 Å². The first-order chi connectivity index (χ1) is 12.7. The Labute approximate surface area is 155 Å². The van der Waals surface area contributed by atoms with Crippen molar-refractivity contribution >= 4 is 12.0 Å². The molecule has 1 aromatic carbocycles. The standard InChI is InChI=1S/C21H29NO4/c1-24-19-10-8-16(14-20(19)25-2)9-11-21(23)26-15-17-6-5-13-22-12-4-3-7-18(17)22/h8-11,14,17-18H,3-7,12-13,15H2,1-2H3/t17-,18-/m1/s1. The van der Waals surface area contributed by atoms with Gasteiger partial charge in [0.15, 0.2) is 11.5 Å². The second kappa shape index (κ2) is 9.08. The number of carbonyl (C=O) groups is 1. The molecule has 3 rings (SSSR count). The number of benzene rings is 1. The van der Waals surface area contributed by atoms with Crippen LogP contribution in [0.3, 0.4) is 0 Å². The van der Waals surface area contributed by atoms with E-state index in [1.54, 1.807) is 20.3 Å². The normalized spacial score (nSPS) is 23.5. The van der Waals surface area contributed by atoms with Gasteiger partial charge >= 0.3 is 5.97 Å². The van der Waals surface area contributed by atoms with Gasteiger partial charge in [0.25, 0.3) is 0 Å². The van der Waals surface area contributed by atoms with Crippen LogP contribution in [0.2, 0.25) is 0 Å². The van der Waals surface area contributed by atoms with Crippen LogP contribution in [0.25, 0.3) is 6.08 Å². The van der Waals surface area contributed by atoms with Crippen molar-refractivity contribution < 1.29 is 19.0 Å². The van der Waals surface area contributed by atoms with Gasteiger partial charge in [0.2, 0.25) is 0 Å². The van der Waals surface area contributed by atoms with Crippen LogP contribution in [0, 0.1) is 5.92 Å². The van der Waals surface area contributed by atoms with Crippen molar-refractivity contribution in [3.63, 3.8) is 0 Å². The van der Waals surface area contributed by atoms with Crippen molar-refractivity contribution in [1.29, 1.82) is 0 Å². The van der Waals surface area contributed by atoms with E-state index < -0.39 is 0 Å². The molecule has 0 N–H and O–H groups in total. The molecule has 2 fully saturated rings. The zero-order valence-corrected chi connectivity index (χ0v) is 15.8. The SMILES string of the molecule is COc1ccc(C=CC(=O)OC[C@H]2CCCN3CCCC[C@H]23)cc1OC. The zero-order valence-electron chi connectivity index (χ0n) is 15.8. The Bertz CT molecular complexity index is 641. The second-order valence-electron chi connectivity index (χ2n) is 7.08. The molecule has 0 saturated carbocycles. The van der Waals surface area contributed by atoms with E-state index in [9.17, 15) is 4.79 Å². The average Bonchev–Trinajstić information content (AvgIpc) is 2.70. The molecular formula is C21H29NO4. The summed E-state index contributed by atoms with van der Waals surface area (Å²) in [5.41, 5.74) is 0.871. The highest BCUT2D eigenvalue weighted by Crippen LogP contribution is 2.31. The van der Waals surface area contributed by atoms with Gasteiger partial charge < -0.3 is 14.2 Å². The van der Waals surface area contributed by atoms with Gasteiger partial charge in [0.05, 0.1) is 20.8 Å². The van der Waals surface area contributed by atoms with Crippen LogP contribution in [-0.2, 0) is 9.53 Å². The number of esters is 1. The van der Waals surface area contributed by atoms with Gasteiger partial charge in [-0.1, -0.05) is 12.5 Å². The van der Waals surface area contributed by atoms with Gasteiger partial charge in [-0.05, 0) is 62.5 Å². The Hall–Kier alpha value is -2.01. The predicted molar refractivity (Wildman–Crippen MR) is 101 cm³/mol. The average molecular weight is 359 g/mol. The molecule has 0 radical (unpaired) electrons. The summed E-state index contributed by atoms with van der Waals surface area (Å²) in [7, 11) is 3.20. The van der Waals surface area contributed by atoms with Crippen molar-refractivity contribution in [2.75, 3.05) is 33.9 Å². The Morgan fingerprint density at radius 1 is 1.12 bits per heavy atom. The fourth-order valence-corrected chi connectivity index (χ4v) is 4.13. The molecule has 2 saturated heterocycles. The minimum absolute atomic E-state index is 0.285. The summed E-state index contributed by atoms with van der Waals surface area (Å²) >= 11 is 0. The zero-order chi connectivity index (χ0) is 18.4. The lowest BCUT2D eigenvalue weighted by Gasteiger charge is -2.44. The lowest BCUT2D eigenvalue weighted by Crippen LogP contribution is -2.49. The topological polar surface area (TPSA) is 48.0 Å². The molecule has 2 aliphatic rings. The van der Waals surface area contributed by atoms with E-state index in [0.717, 1.165) is 12.0 Å². The predicted octanol–water partition coefficient (Wildman–Crippen LogP) is 3.52. The quantitative estimate of drug-likeness (QED) is 0.574. The minimum atomic E-state index is -0.285. The Morgan fingerprint density at radius 2 is 1.92 bits per heavy atom. The van der Waals surface area contributed by atoms with Gasteiger partial charge in [-0.2, -0.15) is 0 Å². The largest absolute Gasteiger partial charge is 0.493 e. The van der Waals surface area contributed by atoms with Crippen LogP contribution < -0.4 is 9.47 Å². The molecule has 5 nitrogen and oxygen atoms in total. The summed E-state index contributed by atoms with van der Waals surface area (Å²) < 4.78 is 16.0. The van der Waals surface area contributed by atoms with Crippen LogP contribution in [0.5, 0.6) is 11.5 Å². The van der Waals surface area contributed by atoms with E-state index in [2.05, 4.69) is 4.90 Å². The lowest BCUT2D eigenvalue weighted by molar-refractivity contribution is -0.140. The first-order valence-electron chi connectivity index (χ1n) is 9.52. The third-order valence-corrected chi connectivity index (χ3v) is 5.49. The fourth-order valence-electron chi connectivity index (χ4n) is 4.13. The highest BCUT2D eigenvalue weighted by molar-refractivity contribution is 5.87. The summed E-state index contributed by atoms with van der Waals surface area (Å²) in [6, 6.07) is 6.14. The molecule has 0 aromatic heterocycles. The van der Waals surface area contributed by atoms with Crippen molar-refractivity contribution in [2.45, 2.75) is 38.1 Å². The maximum absolute atomic E-state index is 12.1. The van der Waals surface area contributed by atoms with Crippen molar-refractivity contribution in [2.24, 2.45) is 5.92 Å². The Morgan fingerprint density at radius 3 is 2.73 bits per heavy atom. The number of methoxy groups -OCH3 is 2. The number of rotatable bonds is 6. The van der Waals surface area contributed by atoms with Gasteiger partial charge in [-0.3, -0.25) is 4.90 Å². The second-order valence-corrected chi connectivity index (χ2v) is 7.08. The van der Waals surface area contributed by atoms with Crippen molar-refractivity contribution in [1.82, 2.24) is 4.90 Å².